The van der Waals surface area contributed by atoms with Crippen LogP contribution >= 0.6 is 0 Å². The number of furan rings is 1. The van der Waals surface area contributed by atoms with Crippen LogP contribution < -0.4 is 14.9 Å². The molecule has 6 rings (SSSR count). The number of aryl methyl sites for hydroxylation is 3. The number of rotatable bonds is 4. The molecule has 4 heteroatoms. The molecule has 0 amide bonds. The van der Waals surface area contributed by atoms with Crippen molar-refractivity contribution in [2.75, 3.05) is 0 Å². The van der Waals surface area contributed by atoms with Crippen LogP contribution in [0.1, 0.15) is 16.7 Å². The molecule has 190 valence electrons. The van der Waals surface area contributed by atoms with E-state index in [1.165, 1.54) is 15.9 Å². The normalized spacial score (nSPS) is 11.7. The lowest BCUT2D eigenvalue weighted by Crippen LogP contribution is -2.52. The maximum Gasteiger partial charge on any atom is 0.216 e. The molecule has 4 aromatic carbocycles. The number of nitriles is 1. The summed E-state index contributed by atoms with van der Waals surface area (Å²) in [7, 11) is 0.241. The van der Waals surface area contributed by atoms with Gasteiger partial charge in [-0.3, -0.25) is 0 Å². The molecule has 0 saturated carbocycles. The van der Waals surface area contributed by atoms with Crippen molar-refractivity contribution in [2.45, 2.75) is 26.9 Å². The Kier molecular flexibility index (Phi) is 5.97. The van der Waals surface area contributed by atoms with E-state index in [-0.39, 0.29) is 0 Å². The van der Waals surface area contributed by atoms with Gasteiger partial charge < -0.3 is 4.42 Å². The first kappa shape index (κ1) is 24.8. The van der Waals surface area contributed by atoms with Crippen LogP contribution in [0.4, 0.5) is 0 Å². The maximum atomic E-state index is 10.1. The summed E-state index contributed by atoms with van der Waals surface area (Å²) in [6, 6.07) is 34.5. The lowest BCUT2D eigenvalue weighted by Gasteiger charge is -2.24. The van der Waals surface area contributed by atoms with Gasteiger partial charge >= 0.3 is 0 Å². The molecule has 0 fully saturated rings. The summed E-state index contributed by atoms with van der Waals surface area (Å²) in [4.78, 5) is 0. The van der Waals surface area contributed by atoms with E-state index in [0.29, 0.717) is 5.56 Å². The quantitative estimate of drug-likeness (QED) is 0.183. The van der Waals surface area contributed by atoms with E-state index in [0.717, 1.165) is 49.9 Å². The molecular weight excluding hydrogens is 492 g/mol. The molecule has 6 aromatic rings. The molecule has 0 N–H and O–H groups in total. The summed E-state index contributed by atoms with van der Waals surface area (Å²) in [5.41, 5.74) is 8.63. The summed E-state index contributed by atoms with van der Waals surface area (Å²) in [5.74, 6) is 0. The average Bonchev–Trinajstić information content (AvgIpc) is 3.32. The van der Waals surface area contributed by atoms with Crippen LogP contribution in [0.3, 0.4) is 0 Å². The van der Waals surface area contributed by atoms with Crippen LogP contribution in [0.25, 0.3) is 44.3 Å². The summed E-state index contributed by atoms with van der Waals surface area (Å²) < 4.78 is 8.90. The summed E-state index contributed by atoms with van der Waals surface area (Å²) in [5, 5.41) is 14.9. The molecular formula is C35H31N2OSi+. The molecule has 3 nitrogen and oxygen atoms in total. The fourth-order valence-electron chi connectivity index (χ4n) is 5.78. The van der Waals surface area contributed by atoms with Gasteiger partial charge in [0.05, 0.1) is 17.2 Å². The number of fused-ring (bicyclic) bond motifs is 3. The Morgan fingerprint density at radius 2 is 1.36 bits per heavy atom. The number of benzene rings is 4. The number of aromatic nitrogens is 1. The molecule has 0 aliphatic heterocycles. The topological polar surface area (TPSA) is 40.8 Å². The predicted molar refractivity (Wildman–Crippen MR) is 163 cm³/mol. The van der Waals surface area contributed by atoms with Gasteiger partial charge in [-0.05, 0) is 43.2 Å². The number of nitrogens with zero attached hydrogens (tertiary/aromatic N) is 2. The van der Waals surface area contributed by atoms with Gasteiger partial charge in [0.25, 0.3) is 0 Å². The van der Waals surface area contributed by atoms with E-state index < -0.39 is 8.07 Å². The zero-order valence-electron chi connectivity index (χ0n) is 23.0. The second-order valence-electron chi connectivity index (χ2n) is 11.0. The van der Waals surface area contributed by atoms with Crippen LogP contribution in [0, 0.1) is 25.2 Å². The van der Waals surface area contributed by atoms with Gasteiger partial charge in [0.1, 0.15) is 26.3 Å². The molecule has 39 heavy (non-hydrogen) atoms. The molecule has 0 saturated heterocycles. The van der Waals surface area contributed by atoms with Crippen molar-refractivity contribution in [3.63, 3.8) is 0 Å². The molecule has 2 aromatic heterocycles. The zero-order chi connectivity index (χ0) is 27.3. The highest BCUT2D eigenvalue weighted by atomic mass is 28.3. The van der Waals surface area contributed by atoms with Crippen LogP contribution in [-0.2, 0) is 7.05 Å². The van der Waals surface area contributed by atoms with Gasteiger partial charge in [-0.15, -0.1) is 0 Å². The van der Waals surface area contributed by atoms with Crippen molar-refractivity contribution in [3.05, 3.63) is 114 Å². The van der Waals surface area contributed by atoms with E-state index in [4.69, 9.17) is 4.42 Å². The Bertz CT molecular complexity index is 1910. The maximum absolute atomic E-state index is 10.1. The highest BCUT2D eigenvalue weighted by molar-refractivity contribution is 7.00. The van der Waals surface area contributed by atoms with Crippen LogP contribution in [0.2, 0.25) is 13.1 Å². The van der Waals surface area contributed by atoms with E-state index in [1.54, 1.807) is 0 Å². The third kappa shape index (κ3) is 4.07. The second-order valence-corrected chi connectivity index (χ2v) is 15.4. The lowest BCUT2D eigenvalue weighted by atomic mass is 9.96. The second kappa shape index (κ2) is 9.38. The first-order valence-corrected chi connectivity index (χ1v) is 16.3. The summed E-state index contributed by atoms with van der Waals surface area (Å²) >= 11 is 0. The molecule has 0 aliphatic rings. The molecule has 0 atom stereocenters. The highest BCUT2D eigenvalue weighted by Gasteiger charge is 2.27. The van der Waals surface area contributed by atoms with E-state index in [1.807, 2.05) is 12.1 Å². The number of hydrogen-bond donors (Lipinski definition) is 0. The van der Waals surface area contributed by atoms with Crippen LogP contribution in [0.5, 0.6) is 0 Å². The minimum absolute atomic E-state index is 0.619. The zero-order valence-corrected chi connectivity index (χ0v) is 24.0. The van der Waals surface area contributed by atoms with Crippen molar-refractivity contribution in [1.82, 2.24) is 0 Å². The third-order valence-electron chi connectivity index (χ3n) is 8.07. The minimum Gasteiger partial charge on any atom is -0.454 e. The molecule has 0 bridgehead atoms. The monoisotopic (exact) mass is 523 g/mol. The van der Waals surface area contributed by atoms with Gasteiger partial charge in [0, 0.05) is 28.0 Å². The van der Waals surface area contributed by atoms with E-state index in [2.05, 4.69) is 130 Å². The molecule has 0 radical (unpaired) electrons. The van der Waals surface area contributed by atoms with E-state index >= 15 is 0 Å². The predicted octanol–water partition coefficient (Wildman–Crippen LogP) is 7.06. The number of hydrogen-bond acceptors (Lipinski definition) is 2. The van der Waals surface area contributed by atoms with Gasteiger partial charge in [-0.1, -0.05) is 90.2 Å². The van der Waals surface area contributed by atoms with Crippen molar-refractivity contribution in [2.24, 2.45) is 7.05 Å². The Morgan fingerprint density at radius 1 is 0.718 bits per heavy atom. The minimum atomic E-state index is -1.83. The van der Waals surface area contributed by atoms with Gasteiger partial charge in [-0.2, -0.15) is 5.26 Å². The van der Waals surface area contributed by atoms with Crippen molar-refractivity contribution < 1.29 is 8.98 Å². The summed E-state index contributed by atoms with van der Waals surface area (Å²) in [6.45, 7) is 8.99. The third-order valence-corrected chi connectivity index (χ3v) is 11.6. The Balaban J connectivity index is 1.56. The first-order valence-electron chi connectivity index (χ1n) is 13.3. The van der Waals surface area contributed by atoms with Crippen molar-refractivity contribution in [3.8, 4) is 28.5 Å². The van der Waals surface area contributed by atoms with Crippen LogP contribution in [-0.4, -0.2) is 8.07 Å². The molecule has 0 aliphatic carbocycles. The van der Waals surface area contributed by atoms with Gasteiger partial charge in [0.15, 0.2) is 6.20 Å². The van der Waals surface area contributed by atoms with Gasteiger partial charge in [-0.25, -0.2) is 4.57 Å². The fourth-order valence-corrected chi connectivity index (χ4v) is 8.14. The van der Waals surface area contributed by atoms with Crippen molar-refractivity contribution >= 4 is 40.4 Å². The molecule has 2 heterocycles. The van der Waals surface area contributed by atoms with Gasteiger partial charge in [0.2, 0.25) is 5.69 Å². The largest absolute Gasteiger partial charge is 0.454 e. The Labute approximate surface area is 230 Å². The molecule has 0 unspecified atom stereocenters. The average molecular weight is 524 g/mol. The standard InChI is InChI=1S/C35H31N2OSi/c1-23-11-20-31(37(3)22-23)32-24(2)12-18-29-30-19-15-26(21-36)33(35(30)38-34(29)32)25-13-16-28(17-14-25)39(4,5)27-9-7-6-8-10-27/h6-20,22H,1-5H3/q+1. The Morgan fingerprint density at radius 3 is 2.03 bits per heavy atom. The fraction of sp³-hybridized carbons (Fsp3) is 0.143. The Hall–Kier alpha value is -4.46. The number of pyridine rings is 1. The lowest BCUT2D eigenvalue weighted by molar-refractivity contribution is -0.660. The summed E-state index contributed by atoms with van der Waals surface area (Å²) in [6.07, 6.45) is 2.14. The van der Waals surface area contributed by atoms with E-state index in [9.17, 15) is 5.26 Å². The van der Waals surface area contributed by atoms with Crippen molar-refractivity contribution in [1.29, 1.82) is 5.26 Å². The SMILES string of the molecule is Cc1ccc(-c2c(C)ccc3c2oc2c(-c4ccc([Si](C)(C)c5ccccc5)cc4)c(C#N)ccc23)[n+](C)c1. The highest BCUT2D eigenvalue weighted by Crippen LogP contribution is 2.41. The molecule has 0 spiro atoms. The smallest absolute Gasteiger partial charge is 0.216 e. The first-order chi connectivity index (χ1) is 18.8. The van der Waals surface area contributed by atoms with Crippen LogP contribution in [0.15, 0.2) is 102 Å².